The molecule has 158 valence electrons. The summed E-state index contributed by atoms with van der Waals surface area (Å²) in [4.78, 5) is 37.7. The van der Waals surface area contributed by atoms with Crippen molar-refractivity contribution in [1.29, 1.82) is 0 Å². The molecule has 0 saturated heterocycles. The fourth-order valence-corrected chi connectivity index (χ4v) is 3.58. The zero-order valence-corrected chi connectivity index (χ0v) is 17.8. The van der Waals surface area contributed by atoms with E-state index in [0.29, 0.717) is 17.2 Å². The van der Waals surface area contributed by atoms with Crippen molar-refractivity contribution in [2.24, 2.45) is 17.3 Å². The molecule has 1 fully saturated rings. The minimum Gasteiger partial charge on any atom is -0.469 e. The Balaban J connectivity index is 1.81. The zero-order chi connectivity index (χ0) is 21.9. The Kier molecular flexibility index (Phi) is 6.25. The van der Waals surface area contributed by atoms with Crippen LogP contribution in [0.2, 0.25) is 0 Å². The van der Waals surface area contributed by atoms with Gasteiger partial charge in [-0.05, 0) is 49.9 Å². The Hall–Kier alpha value is -3.15. The van der Waals surface area contributed by atoms with E-state index in [-0.39, 0.29) is 17.7 Å². The third-order valence-corrected chi connectivity index (χ3v) is 5.68. The zero-order valence-electron chi connectivity index (χ0n) is 17.8. The minimum atomic E-state index is -0.986. The van der Waals surface area contributed by atoms with Crippen molar-refractivity contribution < 1.29 is 19.1 Å². The van der Waals surface area contributed by atoms with Gasteiger partial charge in [-0.15, -0.1) is 0 Å². The van der Waals surface area contributed by atoms with Crippen LogP contribution < -0.4 is 10.6 Å². The summed E-state index contributed by atoms with van der Waals surface area (Å²) in [5.41, 5.74) is 0.793. The molecule has 2 amide bonds. The molecular formula is C24H28N2O4. The highest BCUT2D eigenvalue weighted by molar-refractivity contribution is 5.98. The number of nitrogens with one attached hydrogen (secondary N) is 2. The third-order valence-electron chi connectivity index (χ3n) is 5.68. The van der Waals surface area contributed by atoms with Gasteiger partial charge in [0.2, 0.25) is 5.91 Å². The SMILES string of the molecule is COC(=O)C(C)(C)[C@H](NC(=O)c1cccc(NC(=O)[C@H]2C[C@@H]2C)c1)c1ccccc1. The van der Waals surface area contributed by atoms with Gasteiger partial charge in [0.1, 0.15) is 0 Å². The normalized spacial score (nSPS) is 18.8. The van der Waals surface area contributed by atoms with Crippen molar-refractivity contribution in [2.75, 3.05) is 12.4 Å². The lowest BCUT2D eigenvalue weighted by Gasteiger charge is -2.33. The topological polar surface area (TPSA) is 84.5 Å². The van der Waals surface area contributed by atoms with Crippen molar-refractivity contribution >= 4 is 23.5 Å². The van der Waals surface area contributed by atoms with Crippen molar-refractivity contribution in [2.45, 2.75) is 33.2 Å². The lowest BCUT2D eigenvalue weighted by molar-refractivity contribution is -0.152. The number of carbonyl (C=O) groups is 3. The molecule has 2 aromatic carbocycles. The van der Waals surface area contributed by atoms with Crippen LogP contribution in [0.1, 0.15) is 49.2 Å². The molecule has 3 atom stereocenters. The van der Waals surface area contributed by atoms with Crippen LogP contribution in [0.25, 0.3) is 0 Å². The molecule has 0 unspecified atom stereocenters. The van der Waals surface area contributed by atoms with Crippen LogP contribution in [0.5, 0.6) is 0 Å². The molecule has 0 bridgehead atoms. The Labute approximate surface area is 177 Å². The fourth-order valence-electron chi connectivity index (χ4n) is 3.58. The van der Waals surface area contributed by atoms with Gasteiger partial charge < -0.3 is 15.4 Å². The first-order valence-corrected chi connectivity index (χ1v) is 10.1. The van der Waals surface area contributed by atoms with Crippen molar-refractivity contribution in [1.82, 2.24) is 5.32 Å². The quantitative estimate of drug-likeness (QED) is 0.680. The number of ether oxygens (including phenoxy) is 1. The second-order valence-electron chi connectivity index (χ2n) is 8.42. The van der Waals surface area contributed by atoms with Crippen LogP contribution in [0.3, 0.4) is 0 Å². The van der Waals surface area contributed by atoms with Gasteiger partial charge in [-0.3, -0.25) is 14.4 Å². The fraction of sp³-hybridized carbons (Fsp3) is 0.375. The predicted octanol–water partition coefficient (Wildman–Crippen LogP) is 3.95. The maximum absolute atomic E-state index is 13.0. The summed E-state index contributed by atoms with van der Waals surface area (Å²) >= 11 is 0. The first kappa shape index (κ1) is 21.6. The summed E-state index contributed by atoms with van der Waals surface area (Å²) in [6.07, 6.45) is 0.896. The maximum Gasteiger partial charge on any atom is 0.313 e. The Morgan fingerprint density at radius 3 is 2.33 bits per heavy atom. The van der Waals surface area contributed by atoms with E-state index in [9.17, 15) is 14.4 Å². The lowest BCUT2D eigenvalue weighted by Crippen LogP contribution is -2.43. The van der Waals surface area contributed by atoms with Crippen molar-refractivity contribution in [3.8, 4) is 0 Å². The molecule has 0 spiro atoms. The molecule has 6 heteroatoms. The van der Waals surface area contributed by atoms with E-state index in [0.717, 1.165) is 12.0 Å². The smallest absolute Gasteiger partial charge is 0.313 e. The number of hydrogen-bond acceptors (Lipinski definition) is 4. The standard InChI is InChI=1S/C24H28N2O4/c1-15-13-19(15)22(28)25-18-12-8-11-17(14-18)21(27)26-20(16-9-6-5-7-10-16)24(2,3)23(29)30-4/h5-12,14-15,19-20H,13H2,1-4H3,(H,25,28)(H,26,27)/t15-,19-,20+/m0/s1. The van der Waals surface area contributed by atoms with Gasteiger partial charge in [-0.25, -0.2) is 0 Å². The summed E-state index contributed by atoms with van der Waals surface area (Å²) < 4.78 is 4.97. The largest absolute Gasteiger partial charge is 0.469 e. The van der Waals surface area contributed by atoms with E-state index in [4.69, 9.17) is 4.74 Å². The summed E-state index contributed by atoms with van der Waals surface area (Å²) in [6.45, 7) is 5.52. The van der Waals surface area contributed by atoms with Crippen LogP contribution in [0.4, 0.5) is 5.69 Å². The number of amides is 2. The van der Waals surface area contributed by atoms with Crippen LogP contribution in [0.15, 0.2) is 54.6 Å². The second-order valence-corrected chi connectivity index (χ2v) is 8.42. The number of hydrogen-bond donors (Lipinski definition) is 2. The number of carbonyl (C=O) groups excluding carboxylic acids is 3. The third kappa shape index (κ3) is 4.70. The first-order valence-electron chi connectivity index (χ1n) is 10.1. The highest BCUT2D eigenvalue weighted by Crippen LogP contribution is 2.38. The van der Waals surface area contributed by atoms with Crippen LogP contribution in [0, 0.1) is 17.3 Å². The average molecular weight is 408 g/mol. The molecule has 0 heterocycles. The molecule has 1 aliphatic carbocycles. The molecule has 0 radical (unpaired) electrons. The molecule has 30 heavy (non-hydrogen) atoms. The number of rotatable bonds is 7. The van der Waals surface area contributed by atoms with Crippen LogP contribution in [-0.2, 0) is 14.3 Å². The molecule has 2 N–H and O–H groups in total. The van der Waals surface area contributed by atoms with E-state index in [2.05, 4.69) is 10.6 Å². The molecule has 1 aliphatic rings. The number of anilines is 1. The highest BCUT2D eigenvalue weighted by atomic mass is 16.5. The maximum atomic E-state index is 13.0. The van der Waals surface area contributed by atoms with Gasteiger partial charge in [0.15, 0.2) is 0 Å². The van der Waals surface area contributed by atoms with Crippen LogP contribution >= 0.6 is 0 Å². The number of benzene rings is 2. The molecule has 1 saturated carbocycles. The number of esters is 1. The predicted molar refractivity (Wildman–Crippen MR) is 115 cm³/mol. The Morgan fingerprint density at radius 2 is 1.73 bits per heavy atom. The molecule has 3 rings (SSSR count). The molecule has 0 aromatic heterocycles. The van der Waals surface area contributed by atoms with Gasteiger partial charge in [0.25, 0.3) is 5.91 Å². The molecule has 2 aromatic rings. The van der Waals surface area contributed by atoms with Gasteiger partial charge >= 0.3 is 5.97 Å². The summed E-state index contributed by atoms with van der Waals surface area (Å²) in [7, 11) is 1.33. The van der Waals surface area contributed by atoms with Gasteiger partial charge in [-0.2, -0.15) is 0 Å². The summed E-state index contributed by atoms with van der Waals surface area (Å²) in [6, 6.07) is 15.5. The Bertz CT molecular complexity index is 939. The van der Waals surface area contributed by atoms with Crippen LogP contribution in [-0.4, -0.2) is 24.9 Å². The molecular weight excluding hydrogens is 380 g/mol. The lowest BCUT2D eigenvalue weighted by atomic mass is 9.80. The van der Waals surface area contributed by atoms with Gasteiger partial charge in [0, 0.05) is 17.2 Å². The van der Waals surface area contributed by atoms with E-state index in [1.54, 1.807) is 38.1 Å². The minimum absolute atomic E-state index is 0.0194. The Morgan fingerprint density at radius 1 is 1.07 bits per heavy atom. The van der Waals surface area contributed by atoms with E-state index < -0.39 is 17.4 Å². The highest BCUT2D eigenvalue weighted by Gasteiger charge is 2.40. The van der Waals surface area contributed by atoms with Crippen molar-refractivity contribution in [3.63, 3.8) is 0 Å². The van der Waals surface area contributed by atoms with Gasteiger partial charge in [0.05, 0.1) is 18.6 Å². The van der Waals surface area contributed by atoms with E-state index in [1.165, 1.54) is 7.11 Å². The molecule has 6 nitrogen and oxygen atoms in total. The average Bonchev–Trinajstić information content (AvgIpc) is 3.48. The number of methoxy groups -OCH3 is 1. The van der Waals surface area contributed by atoms with E-state index in [1.807, 2.05) is 37.3 Å². The summed E-state index contributed by atoms with van der Waals surface area (Å²) in [5, 5.41) is 5.85. The molecule has 0 aliphatic heterocycles. The summed E-state index contributed by atoms with van der Waals surface area (Å²) in [5.74, 6) is -0.323. The first-order chi connectivity index (χ1) is 14.2. The van der Waals surface area contributed by atoms with Gasteiger partial charge in [-0.1, -0.05) is 43.3 Å². The monoisotopic (exact) mass is 408 g/mol. The second kappa shape index (κ2) is 8.69. The van der Waals surface area contributed by atoms with E-state index >= 15 is 0 Å². The van der Waals surface area contributed by atoms with Crippen molar-refractivity contribution in [3.05, 3.63) is 65.7 Å².